The molecule has 1 aliphatic carbocycles. The van der Waals surface area contributed by atoms with Gasteiger partial charge in [-0.1, -0.05) is 24.4 Å². The number of rotatable bonds is 4. The summed E-state index contributed by atoms with van der Waals surface area (Å²) in [6.07, 6.45) is 4.06. The van der Waals surface area contributed by atoms with Gasteiger partial charge < -0.3 is 10.6 Å². The average Bonchev–Trinajstić information content (AvgIpc) is 2.95. The summed E-state index contributed by atoms with van der Waals surface area (Å²) in [6, 6.07) is 6.33. The first-order valence-electron chi connectivity index (χ1n) is 6.93. The molecule has 0 radical (unpaired) electrons. The van der Waals surface area contributed by atoms with Crippen LogP contribution in [-0.2, 0) is 9.59 Å². The normalized spacial score (nSPS) is 16.7. The van der Waals surface area contributed by atoms with Crippen molar-refractivity contribution < 1.29 is 9.59 Å². The third-order valence-electron chi connectivity index (χ3n) is 3.59. The molecule has 0 saturated heterocycles. The summed E-state index contributed by atoms with van der Waals surface area (Å²) in [6.45, 7) is 1.69. The van der Waals surface area contributed by atoms with Gasteiger partial charge in [0, 0.05) is 16.6 Å². The van der Waals surface area contributed by atoms with E-state index in [2.05, 4.69) is 10.6 Å². The van der Waals surface area contributed by atoms with Crippen molar-refractivity contribution in [3.8, 4) is 0 Å². The van der Waals surface area contributed by atoms with Gasteiger partial charge in [-0.25, -0.2) is 0 Å². The fraction of sp³-hybridized carbons (Fsp3) is 0.467. The molecule has 0 aliphatic heterocycles. The molecule has 1 atom stereocenters. The lowest BCUT2D eigenvalue weighted by atomic mass is 10.1. The number of benzene rings is 1. The molecule has 20 heavy (non-hydrogen) atoms. The van der Waals surface area contributed by atoms with Crippen LogP contribution in [0.2, 0.25) is 5.02 Å². The van der Waals surface area contributed by atoms with Crippen molar-refractivity contribution in [1.82, 2.24) is 5.32 Å². The van der Waals surface area contributed by atoms with Gasteiger partial charge in [-0.05, 0) is 44.0 Å². The highest BCUT2D eigenvalue weighted by Gasteiger charge is 2.25. The van der Waals surface area contributed by atoms with Crippen LogP contribution in [0.25, 0.3) is 0 Å². The molecule has 1 aromatic carbocycles. The van der Waals surface area contributed by atoms with Gasteiger partial charge in [0.25, 0.3) is 0 Å². The van der Waals surface area contributed by atoms with Gasteiger partial charge in [0.2, 0.25) is 11.8 Å². The smallest absolute Gasteiger partial charge is 0.246 e. The summed E-state index contributed by atoms with van der Waals surface area (Å²) < 4.78 is 0. The van der Waals surface area contributed by atoms with Gasteiger partial charge in [-0.3, -0.25) is 9.59 Å². The molecule has 1 unspecified atom stereocenters. The van der Waals surface area contributed by atoms with Crippen molar-refractivity contribution in [3.05, 3.63) is 29.3 Å². The van der Waals surface area contributed by atoms with Crippen molar-refractivity contribution in [1.29, 1.82) is 0 Å². The lowest BCUT2D eigenvalue weighted by Crippen LogP contribution is -2.43. The Labute approximate surface area is 123 Å². The van der Waals surface area contributed by atoms with Gasteiger partial charge in [0.1, 0.15) is 6.04 Å². The van der Waals surface area contributed by atoms with Gasteiger partial charge in [-0.15, -0.1) is 0 Å². The quantitative estimate of drug-likeness (QED) is 0.897. The summed E-state index contributed by atoms with van der Waals surface area (Å²) >= 11 is 5.78. The van der Waals surface area contributed by atoms with E-state index in [0.29, 0.717) is 10.7 Å². The Bertz CT molecular complexity index is 481. The van der Waals surface area contributed by atoms with Crippen LogP contribution in [0.15, 0.2) is 24.3 Å². The fourth-order valence-corrected chi connectivity index (χ4v) is 2.49. The number of hydrogen-bond acceptors (Lipinski definition) is 2. The molecule has 0 bridgehead atoms. The summed E-state index contributed by atoms with van der Waals surface area (Å²) in [7, 11) is 0. The molecular weight excluding hydrogens is 276 g/mol. The van der Waals surface area contributed by atoms with E-state index in [1.54, 1.807) is 31.2 Å². The fourth-order valence-electron chi connectivity index (χ4n) is 2.37. The number of carbonyl (C=O) groups excluding carboxylic acids is 2. The number of carbonyl (C=O) groups is 2. The first-order valence-corrected chi connectivity index (χ1v) is 7.31. The van der Waals surface area contributed by atoms with Crippen LogP contribution in [0.1, 0.15) is 32.6 Å². The van der Waals surface area contributed by atoms with Crippen LogP contribution in [0.4, 0.5) is 5.69 Å². The summed E-state index contributed by atoms with van der Waals surface area (Å²) in [4.78, 5) is 23.9. The van der Waals surface area contributed by atoms with Crippen molar-refractivity contribution >= 4 is 29.1 Å². The van der Waals surface area contributed by atoms with Crippen molar-refractivity contribution in [2.24, 2.45) is 5.92 Å². The van der Waals surface area contributed by atoms with Crippen LogP contribution >= 0.6 is 11.6 Å². The Kier molecular flexibility index (Phi) is 5.01. The minimum atomic E-state index is -0.543. The summed E-state index contributed by atoms with van der Waals surface area (Å²) in [5.41, 5.74) is 0.668. The van der Waals surface area contributed by atoms with Crippen LogP contribution in [0, 0.1) is 5.92 Å². The predicted molar refractivity (Wildman–Crippen MR) is 79.6 cm³/mol. The van der Waals surface area contributed by atoms with E-state index in [4.69, 9.17) is 11.6 Å². The number of halogens is 1. The van der Waals surface area contributed by atoms with Gasteiger partial charge in [0.15, 0.2) is 0 Å². The third-order valence-corrected chi connectivity index (χ3v) is 3.84. The molecule has 4 nitrogen and oxygen atoms in total. The van der Waals surface area contributed by atoms with E-state index in [0.717, 1.165) is 25.7 Å². The maximum atomic E-state index is 12.0. The first kappa shape index (κ1) is 14.9. The van der Waals surface area contributed by atoms with Crippen molar-refractivity contribution in [2.45, 2.75) is 38.6 Å². The molecule has 1 aromatic rings. The Hall–Kier alpha value is -1.55. The number of nitrogens with one attached hydrogen (secondary N) is 2. The van der Waals surface area contributed by atoms with E-state index >= 15 is 0 Å². The zero-order chi connectivity index (χ0) is 14.5. The minimum Gasteiger partial charge on any atom is -0.344 e. The van der Waals surface area contributed by atoms with E-state index < -0.39 is 6.04 Å². The van der Waals surface area contributed by atoms with Gasteiger partial charge in [-0.2, -0.15) is 0 Å². The minimum absolute atomic E-state index is 0.0127. The highest BCUT2D eigenvalue weighted by Crippen LogP contribution is 2.24. The van der Waals surface area contributed by atoms with Crippen LogP contribution < -0.4 is 10.6 Å². The molecule has 1 aliphatic rings. The molecule has 2 rings (SSSR count). The number of amides is 2. The topological polar surface area (TPSA) is 58.2 Å². The zero-order valence-electron chi connectivity index (χ0n) is 11.5. The zero-order valence-corrected chi connectivity index (χ0v) is 12.2. The maximum Gasteiger partial charge on any atom is 0.246 e. The third kappa shape index (κ3) is 3.97. The van der Waals surface area contributed by atoms with Crippen LogP contribution in [0.5, 0.6) is 0 Å². The molecule has 108 valence electrons. The van der Waals surface area contributed by atoms with Gasteiger partial charge in [0.05, 0.1) is 0 Å². The standard InChI is InChI=1S/C15H19ClN2O2/c1-10(17-15(20)11-4-2-3-5-11)14(19)18-13-8-6-12(16)7-9-13/h6-11H,2-5H2,1H3,(H,17,20)(H,18,19). The second kappa shape index (κ2) is 6.75. The lowest BCUT2D eigenvalue weighted by Gasteiger charge is -2.16. The Morgan fingerprint density at radius 1 is 1.20 bits per heavy atom. The van der Waals surface area contributed by atoms with Gasteiger partial charge >= 0.3 is 0 Å². The van der Waals surface area contributed by atoms with Crippen molar-refractivity contribution in [3.63, 3.8) is 0 Å². The molecule has 1 saturated carbocycles. The molecule has 2 amide bonds. The second-order valence-corrected chi connectivity index (χ2v) is 5.64. The SMILES string of the molecule is CC(NC(=O)C1CCCC1)C(=O)Nc1ccc(Cl)cc1. The van der Waals surface area contributed by atoms with E-state index in [-0.39, 0.29) is 17.7 Å². The predicted octanol–water partition coefficient (Wildman–Crippen LogP) is 2.97. The van der Waals surface area contributed by atoms with E-state index in [9.17, 15) is 9.59 Å². The monoisotopic (exact) mass is 294 g/mol. The van der Waals surface area contributed by atoms with Crippen molar-refractivity contribution in [2.75, 3.05) is 5.32 Å². The highest BCUT2D eigenvalue weighted by atomic mass is 35.5. The van der Waals surface area contributed by atoms with Crippen LogP contribution in [-0.4, -0.2) is 17.9 Å². The molecule has 2 N–H and O–H groups in total. The maximum absolute atomic E-state index is 12.0. The van der Waals surface area contributed by atoms with E-state index in [1.807, 2.05) is 0 Å². The number of hydrogen-bond donors (Lipinski definition) is 2. The Balaban J connectivity index is 1.85. The van der Waals surface area contributed by atoms with Crippen LogP contribution in [0.3, 0.4) is 0 Å². The largest absolute Gasteiger partial charge is 0.344 e. The second-order valence-electron chi connectivity index (χ2n) is 5.21. The Morgan fingerprint density at radius 3 is 2.40 bits per heavy atom. The Morgan fingerprint density at radius 2 is 1.80 bits per heavy atom. The molecule has 0 aromatic heterocycles. The molecule has 5 heteroatoms. The average molecular weight is 295 g/mol. The summed E-state index contributed by atoms with van der Waals surface area (Å²) in [5, 5.41) is 6.15. The molecule has 1 fully saturated rings. The first-order chi connectivity index (χ1) is 9.56. The molecular formula is C15H19ClN2O2. The molecule has 0 spiro atoms. The molecule has 0 heterocycles. The number of anilines is 1. The van der Waals surface area contributed by atoms with E-state index in [1.165, 1.54) is 0 Å². The lowest BCUT2D eigenvalue weighted by molar-refractivity contribution is -0.128. The highest BCUT2D eigenvalue weighted by molar-refractivity contribution is 6.30. The summed E-state index contributed by atoms with van der Waals surface area (Å²) in [5.74, 6) is -0.166.